The van der Waals surface area contributed by atoms with E-state index in [1.165, 1.54) is 31.4 Å². The van der Waals surface area contributed by atoms with Crippen LogP contribution in [-0.4, -0.2) is 39.6 Å². The maximum absolute atomic E-state index is 14.8. The number of para-hydroxylation sites is 1. The monoisotopic (exact) mass is 578 g/mol. The van der Waals surface area contributed by atoms with Gasteiger partial charge in [-0.1, -0.05) is 40.5 Å². The Balaban J connectivity index is 1.58. The molecule has 0 amide bonds. The number of rotatable bonds is 10. The first-order valence-electron chi connectivity index (χ1n) is 12.0. The van der Waals surface area contributed by atoms with Crippen LogP contribution in [0.1, 0.15) is 31.2 Å². The van der Waals surface area contributed by atoms with Crippen LogP contribution in [0.15, 0.2) is 76.1 Å². The van der Waals surface area contributed by atoms with E-state index in [9.17, 15) is 17.2 Å². The Bertz CT molecular complexity index is 1270. The van der Waals surface area contributed by atoms with Gasteiger partial charge in [0.25, 0.3) is 10.0 Å². The Morgan fingerprint density at radius 1 is 0.944 bits per heavy atom. The minimum Gasteiger partial charge on any atom is -0.493 e. The third-order valence-corrected chi connectivity index (χ3v) is 8.49. The van der Waals surface area contributed by atoms with Gasteiger partial charge in [0.1, 0.15) is 17.4 Å². The molecule has 1 aliphatic heterocycles. The quantitative estimate of drug-likeness (QED) is 0.262. The van der Waals surface area contributed by atoms with E-state index in [0.717, 1.165) is 48.6 Å². The topological polar surface area (TPSA) is 49.9 Å². The third kappa shape index (κ3) is 6.63. The lowest BCUT2D eigenvalue weighted by Crippen LogP contribution is -2.32. The van der Waals surface area contributed by atoms with Crippen LogP contribution < -0.4 is 9.04 Å². The largest absolute Gasteiger partial charge is 0.493 e. The van der Waals surface area contributed by atoms with Crippen molar-refractivity contribution < 1.29 is 21.9 Å². The smallest absolute Gasteiger partial charge is 0.264 e. The van der Waals surface area contributed by atoms with E-state index < -0.39 is 21.7 Å². The predicted molar refractivity (Wildman–Crippen MR) is 141 cm³/mol. The Labute approximate surface area is 219 Å². The van der Waals surface area contributed by atoms with Crippen LogP contribution in [0.3, 0.4) is 0 Å². The van der Waals surface area contributed by atoms with Crippen molar-refractivity contribution in [1.82, 2.24) is 4.90 Å². The zero-order chi connectivity index (χ0) is 25.5. The molecule has 1 fully saturated rings. The number of nitrogens with zero attached hydrogens (tertiary/aromatic N) is 2. The second-order valence-corrected chi connectivity index (χ2v) is 11.6. The summed E-state index contributed by atoms with van der Waals surface area (Å²) < 4.78 is 63.8. The van der Waals surface area contributed by atoms with Gasteiger partial charge < -0.3 is 9.64 Å². The maximum Gasteiger partial charge on any atom is 0.264 e. The van der Waals surface area contributed by atoms with Crippen LogP contribution in [-0.2, 0) is 16.6 Å². The Kier molecular flexibility index (Phi) is 8.98. The first-order chi connectivity index (χ1) is 17.3. The van der Waals surface area contributed by atoms with Gasteiger partial charge in [-0.05, 0) is 74.8 Å². The highest BCUT2D eigenvalue weighted by molar-refractivity contribution is 9.10. The zero-order valence-corrected chi connectivity index (χ0v) is 22.3. The van der Waals surface area contributed by atoms with Crippen LogP contribution in [0, 0.1) is 11.6 Å². The molecule has 36 heavy (non-hydrogen) atoms. The van der Waals surface area contributed by atoms with Gasteiger partial charge in [-0.15, -0.1) is 0 Å². The lowest BCUT2D eigenvalue weighted by atomic mass is 10.1. The van der Waals surface area contributed by atoms with Crippen molar-refractivity contribution in [2.24, 2.45) is 0 Å². The number of hydrogen-bond donors (Lipinski definition) is 0. The van der Waals surface area contributed by atoms with Crippen molar-refractivity contribution in [2.75, 3.05) is 30.5 Å². The molecule has 0 atom stereocenters. The SMILES string of the molecule is O=S(=O)(c1ccc(Br)cc1)N(Cc1ccccc1OCCCN1CCCCC1)c1cc(F)ccc1F. The number of likely N-dealkylation sites (tertiary alicyclic amines) is 1. The molecule has 0 saturated carbocycles. The lowest BCUT2D eigenvalue weighted by Gasteiger charge is -2.27. The highest BCUT2D eigenvalue weighted by Crippen LogP contribution is 2.32. The molecular weight excluding hydrogens is 550 g/mol. The minimum atomic E-state index is -4.22. The summed E-state index contributed by atoms with van der Waals surface area (Å²) in [4.78, 5) is 2.40. The molecule has 0 aromatic heterocycles. The van der Waals surface area contributed by atoms with Gasteiger partial charge in [0, 0.05) is 22.6 Å². The number of anilines is 1. The van der Waals surface area contributed by atoms with Crippen molar-refractivity contribution in [2.45, 2.75) is 37.1 Å². The second kappa shape index (κ2) is 12.2. The lowest BCUT2D eigenvalue weighted by molar-refractivity contribution is 0.204. The fourth-order valence-electron chi connectivity index (χ4n) is 4.29. The van der Waals surface area contributed by atoms with Crippen LogP contribution in [0.4, 0.5) is 14.5 Å². The van der Waals surface area contributed by atoms with Crippen LogP contribution >= 0.6 is 15.9 Å². The van der Waals surface area contributed by atoms with Gasteiger partial charge >= 0.3 is 0 Å². The van der Waals surface area contributed by atoms with Crippen molar-refractivity contribution in [3.63, 3.8) is 0 Å². The van der Waals surface area contributed by atoms with Crippen molar-refractivity contribution >= 4 is 31.6 Å². The highest BCUT2D eigenvalue weighted by atomic mass is 79.9. The fraction of sp³-hybridized carbons (Fsp3) is 0.333. The van der Waals surface area contributed by atoms with Crippen molar-refractivity contribution in [1.29, 1.82) is 0 Å². The Hall–Kier alpha value is -2.49. The molecule has 3 aromatic rings. The van der Waals surface area contributed by atoms with Gasteiger partial charge in [0.15, 0.2) is 0 Å². The summed E-state index contributed by atoms with van der Waals surface area (Å²) in [7, 11) is -4.22. The summed E-state index contributed by atoms with van der Waals surface area (Å²) >= 11 is 3.30. The number of halogens is 3. The normalized spacial score (nSPS) is 14.5. The number of piperidine rings is 1. The second-order valence-electron chi connectivity index (χ2n) is 8.77. The van der Waals surface area contributed by atoms with Gasteiger partial charge in [-0.2, -0.15) is 0 Å². The zero-order valence-electron chi connectivity index (χ0n) is 19.9. The van der Waals surface area contributed by atoms with Crippen LogP contribution in [0.25, 0.3) is 0 Å². The molecular formula is C27H29BrF2N2O3S. The first kappa shape index (κ1) is 26.6. The molecule has 5 nitrogen and oxygen atoms in total. The molecule has 0 radical (unpaired) electrons. The van der Waals surface area contributed by atoms with Gasteiger partial charge in [-0.3, -0.25) is 4.31 Å². The number of benzene rings is 3. The fourth-order valence-corrected chi connectivity index (χ4v) is 6.00. The van der Waals surface area contributed by atoms with E-state index in [1.54, 1.807) is 36.4 Å². The minimum absolute atomic E-state index is 0.0331. The molecule has 3 aromatic carbocycles. The van der Waals surface area contributed by atoms with E-state index >= 15 is 0 Å². The van der Waals surface area contributed by atoms with Crippen LogP contribution in [0.2, 0.25) is 0 Å². The molecule has 0 N–H and O–H groups in total. The van der Waals surface area contributed by atoms with Gasteiger partial charge in [0.05, 0.1) is 23.7 Å². The molecule has 9 heteroatoms. The first-order valence-corrected chi connectivity index (χ1v) is 14.2. The van der Waals surface area contributed by atoms with E-state index in [2.05, 4.69) is 20.8 Å². The van der Waals surface area contributed by atoms with Crippen molar-refractivity contribution in [3.05, 3.63) is 88.4 Å². The predicted octanol–water partition coefficient (Wildman–Crippen LogP) is 6.38. The van der Waals surface area contributed by atoms with E-state index in [-0.39, 0.29) is 17.1 Å². The van der Waals surface area contributed by atoms with Crippen LogP contribution in [0.5, 0.6) is 5.75 Å². The molecule has 1 saturated heterocycles. The third-order valence-electron chi connectivity index (χ3n) is 6.19. The summed E-state index contributed by atoms with van der Waals surface area (Å²) in [6.07, 6.45) is 4.58. The summed E-state index contributed by atoms with van der Waals surface area (Å²) in [5.41, 5.74) is 0.192. The molecule has 0 aliphatic carbocycles. The average Bonchev–Trinajstić information content (AvgIpc) is 2.88. The van der Waals surface area contributed by atoms with Crippen molar-refractivity contribution in [3.8, 4) is 5.75 Å². The summed E-state index contributed by atoms with van der Waals surface area (Å²) in [6, 6.07) is 15.9. The Morgan fingerprint density at radius 3 is 2.42 bits per heavy atom. The highest BCUT2D eigenvalue weighted by Gasteiger charge is 2.29. The van der Waals surface area contributed by atoms with E-state index in [4.69, 9.17) is 4.74 Å². The average molecular weight is 580 g/mol. The molecule has 1 heterocycles. The molecule has 0 unspecified atom stereocenters. The van der Waals surface area contributed by atoms with E-state index in [1.807, 2.05) is 0 Å². The maximum atomic E-state index is 14.8. The number of sulfonamides is 1. The Morgan fingerprint density at radius 2 is 1.67 bits per heavy atom. The number of ether oxygens (including phenoxy) is 1. The molecule has 192 valence electrons. The molecule has 0 bridgehead atoms. The van der Waals surface area contributed by atoms with Gasteiger partial charge in [0.2, 0.25) is 0 Å². The molecule has 0 spiro atoms. The van der Waals surface area contributed by atoms with E-state index in [0.29, 0.717) is 22.4 Å². The summed E-state index contributed by atoms with van der Waals surface area (Å²) in [5.74, 6) is -1.05. The summed E-state index contributed by atoms with van der Waals surface area (Å²) in [6.45, 7) is 3.42. The standard InChI is InChI=1S/C27H29BrF2N2O3S/c28-22-9-12-24(13-10-22)36(33,34)32(26-19-23(29)11-14-25(26)30)20-21-7-2-3-8-27(21)35-18-6-17-31-15-4-1-5-16-31/h2-3,7-14,19H,1,4-6,15-18,20H2. The molecule has 4 rings (SSSR count). The summed E-state index contributed by atoms with van der Waals surface area (Å²) in [5, 5.41) is 0. The number of hydrogen-bond acceptors (Lipinski definition) is 4. The molecule has 1 aliphatic rings. The van der Waals surface area contributed by atoms with Gasteiger partial charge in [-0.25, -0.2) is 17.2 Å².